The molecule has 0 N–H and O–H groups in total. The highest BCUT2D eigenvalue weighted by Gasteiger charge is 2.24. The van der Waals surface area contributed by atoms with E-state index in [2.05, 4.69) is 9.88 Å². The summed E-state index contributed by atoms with van der Waals surface area (Å²) in [6.07, 6.45) is 0.319. The summed E-state index contributed by atoms with van der Waals surface area (Å²) in [5.74, 6) is 0.0839. The van der Waals surface area contributed by atoms with Crippen molar-refractivity contribution >= 4 is 46.2 Å². The fourth-order valence-corrected chi connectivity index (χ4v) is 3.40. The van der Waals surface area contributed by atoms with E-state index in [1.807, 2.05) is 35.2 Å². The summed E-state index contributed by atoms with van der Waals surface area (Å²) < 4.78 is 5.81. The van der Waals surface area contributed by atoms with Crippen LogP contribution in [0, 0.1) is 0 Å². The Kier molecular flexibility index (Phi) is 4.74. The second-order valence-electron chi connectivity index (χ2n) is 6.26. The van der Waals surface area contributed by atoms with Gasteiger partial charge < -0.3 is 14.2 Å². The van der Waals surface area contributed by atoms with E-state index in [0.717, 1.165) is 16.7 Å². The first-order chi connectivity index (χ1) is 12.6. The number of hydrogen-bond acceptors (Lipinski definition) is 4. The van der Waals surface area contributed by atoms with Crippen LogP contribution in [0.1, 0.15) is 5.56 Å². The van der Waals surface area contributed by atoms with Crippen LogP contribution in [0.2, 0.25) is 10.0 Å². The second kappa shape index (κ2) is 7.17. The number of carbonyl (C=O) groups is 1. The van der Waals surface area contributed by atoms with Gasteiger partial charge in [0, 0.05) is 26.2 Å². The maximum atomic E-state index is 12.5. The van der Waals surface area contributed by atoms with E-state index in [-0.39, 0.29) is 5.91 Å². The van der Waals surface area contributed by atoms with Crippen LogP contribution in [0.4, 0.5) is 6.01 Å². The van der Waals surface area contributed by atoms with Gasteiger partial charge in [-0.05, 0) is 29.8 Å². The minimum absolute atomic E-state index is 0.0839. The first kappa shape index (κ1) is 17.2. The van der Waals surface area contributed by atoms with Gasteiger partial charge in [-0.2, -0.15) is 4.98 Å². The van der Waals surface area contributed by atoms with E-state index in [4.69, 9.17) is 27.6 Å². The zero-order valence-electron chi connectivity index (χ0n) is 14.0. The predicted molar refractivity (Wildman–Crippen MR) is 103 cm³/mol. The topological polar surface area (TPSA) is 49.6 Å². The molecule has 0 radical (unpaired) electrons. The normalized spacial score (nSPS) is 14.8. The van der Waals surface area contributed by atoms with Crippen LogP contribution in [0.15, 0.2) is 46.9 Å². The monoisotopic (exact) mass is 389 g/mol. The zero-order chi connectivity index (χ0) is 18.1. The fourth-order valence-electron chi connectivity index (χ4n) is 3.08. The summed E-state index contributed by atoms with van der Waals surface area (Å²) in [5.41, 5.74) is 2.49. The Morgan fingerprint density at radius 2 is 1.81 bits per heavy atom. The third-order valence-corrected chi connectivity index (χ3v) is 5.26. The molecule has 0 spiro atoms. The van der Waals surface area contributed by atoms with Crippen LogP contribution in [0.3, 0.4) is 0 Å². The van der Waals surface area contributed by atoms with Crippen molar-refractivity contribution in [3.05, 3.63) is 58.1 Å². The molecular formula is C19H17Cl2N3O2. The van der Waals surface area contributed by atoms with Crippen molar-refractivity contribution in [1.29, 1.82) is 0 Å². The molecule has 2 heterocycles. The van der Waals surface area contributed by atoms with Gasteiger partial charge in [0.1, 0.15) is 5.52 Å². The number of para-hydroxylation sites is 2. The molecule has 5 nitrogen and oxygen atoms in total. The van der Waals surface area contributed by atoms with Crippen molar-refractivity contribution in [3.8, 4) is 0 Å². The number of piperazine rings is 1. The van der Waals surface area contributed by atoms with Crippen molar-refractivity contribution in [3.63, 3.8) is 0 Å². The summed E-state index contributed by atoms with van der Waals surface area (Å²) >= 11 is 11.9. The standard InChI is InChI=1S/C19H17Cl2N3O2/c20-14-6-5-13(11-15(14)21)12-18(25)23-7-9-24(10-8-23)19-22-16-3-1-2-4-17(16)26-19/h1-6,11H,7-10,12H2. The highest BCUT2D eigenvalue weighted by atomic mass is 35.5. The Labute approximate surface area is 161 Å². The first-order valence-electron chi connectivity index (χ1n) is 8.42. The van der Waals surface area contributed by atoms with Gasteiger partial charge in [0.2, 0.25) is 5.91 Å². The molecule has 134 valence electrons. The van der Waals surface area contributed by atoms with Crippen molar-refractivity contribution in [2.45, 2.75) is 6.42 Å². The van der Waals surface area contributed by atoms with Gasteiger partial charge in [-0.3, -0.25) is 4.79 Å². The molecule has 1 fully saturated rings. The number of amides is 1. The van der Waals surface area contributed by atoms with E-state index >= 15 is 0 Å². The number of nitrogens with zero attached hydrogens (tertiary/aromatic N) is 3. The maximum Gasteiger partial charge on any atom is 0.298 e. The van der Waals surface area contributed by atoms with Gasteiger partial charge in [-0.15, -0.1) is 0 Å². The number of benzene rings is 2. The molecule has 0 unspecified atom stereocenters. The summed E-state index contributed by atoms with van der Waals surface area (Å²) in [5, 5.41) is 0.965. The number of carbonyl (C=O) groups excluding carboxylic acids is 1. The van der Waals surface area contributed by atoms with Crippen molar-refractivity contribution < 1.29 is 9.21 Å². The average Bonchev–Trinajstić information content (AvgIpc) is 3.09. The molecule has 0 bridgehead atoms. The lowest BCUT2D eigenvalue weighted by molar-refractivity contribution is -0.130. The van der Waals surface area contributed by atoms with Gasteiger partial charge in [-0.1, -0.05) is 41.4 Å². The van der Waals surface area contributed by atoms with Crippen LogP contribution < -0.4 is 4.90 Å². The molecule has 0 atom stereocenters. The molecule has 0 saturated carbocycles. The van der Waals surface area contributed by atoms with Crippen LogP contribution in [-0.2, 0) is 11.2 Å². The third kappa shape index (κ3) is 3.50. The molecule has 1 aliphatic heterocycles. The van der Waals surface area contributed by atoms with Crippen molar-refractivity contribution in [2.75, 3.05) is 31.1 Å². The maximum absolute atomic E-state index is 12.5. The highest BCUT2D eigenvalue weighted by molar-refractivity contribution is 6.42. The largest absolute Gasteiger partial charge is 0.423 e. The number of anilines is 1. The summed E-state index contributed by atoms with van der Waals surface area (Å²) in [6, 6.07) is 13.6. The number of halogens is 2. The van der Waals surface area contributed by atoms with Crippen LogP contribution in [0.5, 0.6) is 0 Å². The van der Waals surface area contributed by atoms with Gasteiger partial charge in [-0.25, -0.2) is 0 Å². The lowest BCUT2D eigenvalue weighted by atomic mass is 10.1. The summed E-state index contributed by atoms with van der Waals surface area (Å²) in [6.45, 7) is 2.66. The molecule has 2 aromatic carbocycles. The van der Waals surface area contributed by atoms with E-state index < -0.39 is 0 Å². The van der Waals surface area contributed by atoms with E-state index in [1.54, 1.807) is 12.1 Å². The SMILES string of the molecule is O=C(Cc1ccc(Cl)c(Cl)c1)N1CCN(c2nc3ccccc3o2)CC1. The smallest absolute Gasteiger partial charge is 0.298 e. The average molecular weight is 390 g/mol. The van der Waals surface area contributed by atoms with E-state index in [9.17, 15) is 4.79 Å². The molecule has 26 heavy (non-hydrogen) atoms. The molecular weight excluding hydrogens is 373 g/mol. The number of fused-ring (bicyclic) bond motifs is 1. The quantitative estimate of drug-likeness (QED) is 0.678. The molecule has 4 rings (SSSR count). The van der Waals surface area contributed by atoms with Crippen LogP contribution in [-0.4, -0.2) is 42.0 Å². The molecule has 1 amide bonds. The molecule has 7 heteroatoms. The zero-order valence-corrected chi connectivity index (χ0v) is 15.5. The van der Waals surface area contributed by atoms with Gasteiger partial charge in [0.05, 0.1) is 16.5 Å². The van der Waals surface area contributed by atoms with E-state index in [0.29, 0.717) is 48.7 Å². The first-order valence-corrected chi connectivity index (χ1v) is 9.18. The Morgan fingerprint density at radius 3 is 2.54 bits per heavy atom. The number of aromatic nitrogens is 1. The second-order valence-corrected chi connectivity index (χ2v) is 7.07. The van der Waals surface area contributed by atoms with Gasteiger partial charge >= 0.3 is 0 Å². The molecule has 1 saturated heterocycles. The van der Waals surface area contributed by atoms with Crippen molar-refractivity contribution in [2.24, 2.45) is 0 Å². The van der Waals surface area contributed by atoms with E-state index in [1.165, 1.54) is 0 Å². The molecule has 3 aromatic rings. The Morgan fingerprint density at radius 1 is 1.04 bits per heavy atom. The van der Waals surface area contributed by atoms with Crippen LogP contribution >= 0.6 is 23.2 Å². The highest BCUT2D eigenvalue weighted by Crippen LogP contribution is 2.24. The Hall–Kier alpha value is -2.24. The summed E-state index contributed by atoms with van der Waals surface area (Å²) in [4.78, 5) is 21.0. The lowest BCUT2D eigenvalue weighted by Gasteiger charge is -2.33. The molecule has 1 aromatic heterocycles. The Balaban J connectivity index is 1.38. The number of oxazole rings is 1. The number of hydrogen-bond donors (Lipinski definition) is 0. The predicted octanol–water partition coefficient (Wildman–Crippen LogP) is 4.03. The lowest BCUT2D eigenvalue weighted by Crippen LogP contribution is -2.49. The molecule has 1 aliphatic rings. The summed E-state index contributed by atoms with van der Waals surface area (Å²) in [7, 11) is 0. The van der Waals surface area contributed by atoms with Crippen LogP contribution in [0.25, 0.3) is 11.1 Å². The Bertz CT molecular complexity index is 916. The number of rotatable bonds is 3. The minimum atomic E-state index is 0.0839. The third-order valence-electron chi connectivity index (χ3n) is 4.52. The fraction of sp³-hybridized carbons (Fsp3) is 0.263. The molecule has 0 aliphatic carbocycles. The van der Waals surface area contributed by atoms with Crippen molar-refractivity contribution in [1.82, 2.24) is 9.88 Å². The minimum Gasteiger partial charge on any atom is -0.423 e. The van der Waals surface area contributed by atoms with Gasteiger partial charge in [0.25, 0.3) is 6.01 Å². The van der Waals surface area contributed by atoms with Gasteiger partial charge in [0.15, 0.2) is 5.58 Å².